The monoisotopic (exact) mass is 498 g/mol. The number of hydrogen-bond donors (Lipinski definition) is 1. The number of imidazole rings is 1. The van der Waals surface area contributed by atoms with Crippen molar-refractivity contribution in [2.24, 2.45) is 0 Å². The van der Waals surface area contributed by atoms with E-state index < -0.39 is 6.10 Å². The molecule has 37 heavy (non-hydrogen) atoms. The van der Waals surface area contributed by atoms with E-state index in [1.54, 1.807) is 39.1 Å². The molecule has 3 aromatic heterocycles. The van der Waals surface area contributed by atoms with Crippen LogP contribution < -0.4 is 4.90 Å². The third-order valence-electron chi connectivity index (χ3n) is 6.78. The Labute approximate surface area is 213 Å². The smallest absolute Gasteiger partial charge is 0.278 e. The minimum absolute atomic E-state index is 0.174. The third kappa shape index (κ3) is 4.38. The second-order valence-corrected chi connectivity index (χ2v) is 9.20. The van der Waals surface area contributed by atoms with E-state index >= 15 is 0 Å². The van der Waals surface area contributed by atoms with Crippen molar-refractivity contribution in [3.8, 4) is 0 Å². The van der Waals surface area contributed by atoms with E-state index in [0.717, 1.165) is 18.4 Å². The van der Waals surface area contributed by atoms with Gasteiger partial charge in [0.2, 0.25) is 0 Å². The van der Waals surface area contributed by atoms with Gasteiger partial charge in [0, 0.05) is 44.8 Å². The zero-order valence-electron chi connectivity index (χ0n) is 20.1. The topological polar surface area (TPSA) is 120 Å². The highest BCUT2D eigenvalue weighted by Crippen LogP contribution is 2.28. The highest BCUT2D eigenvalue weighted by Gasteiger charge is 2.29. The highest BCUT2D eigenvalue weighted by molar-refractivity contribution is 5.99. The molecule has 1 atom stereocenters. The zero-order chi connectivity index (χ0) is 25.4. The number of hydrogen-bond acceptors (Lipinski definition) is 8. The molecule has 1 unspecified atom stereocenters. The maximum absolute atomic E-state index is 13.7. The maximum atomic E-state index is 13.7. The summed E-state index contributed by atoms with van der Waals surface area (Å²) >= 11 is 0. The lowest BCUT2D eigenvalue weighted by Gasteiger charge is -2.29. The van der Waals surface area contributed by atoms with E-state index in [0.29, 0.717) is 55.5 Å². The molecule has 0 spiro atoms. The van der Waals surface area contributed by atoms with Gasteiger partial charge in [-0.15, -0.1) is 0 Å². The molecule has 11 heteroatoms. The summed E-state index contributed by atoms with van der Waals surface area (Å²) in [5.74, 6) is 0.174. The summed E-state index contributed by atoms with van der Waals surface area (Å²) < 4.78 is 1.61. The second kappa shape index (κ2) is 9.58. The van der Waals surface area contributed by atoms with Crippen LogP contribution in [0.5, 0.6) is 0 Å². The van der Waals surface area contributed by atoms with Crippen LogP contribution in [0.15, 0.2) is 61.4 Å². The first-order valence-electron chi connectivity index (χ1n) is 12.3. The van der Waals surface area contributed by atoms with Crippen LogP contribution in [0, 0.1) is 0 Å². The van der Waals surface area contributed by atoms with Gasteiger partial charge < -0.3 is 19.8 Å². The Morgan fingerprint density at radius 2 is 1.97 bits per heavy atom. The van der Waals surface area contributed by atoms with Crippen LogP contribution in [0.2, 0.25) is 0 Å². The summed E-state index contributed by atoms with van der Waals surface area (Å²) in [7, 11) is 0. The molecular weight excluding hydrogens is 472 g/mol. The normalized spacial score (nSPS) is 19.5. The standard InChI is InChI=1S/C26H26N8O3/c35-19-8-10-33(17-19)25(36)20-15-28-22(16-27-20)31-11-13-32(14-12-31)26(37)24-23(18-5-2-1-3-6-18)30-21-7-4-9-29-34(21)24/h1-2,4-5,7,9,11,13,15-16,19,35H,3,6,8,10,12,14,17H2. The summed E-state index contributed by atoms with van der Waals surface area (Å²) in [6, 6.07) is 3.65. The molecule has 1 aliphatic carbocycles. The average Bonchev–Trinajstić information content (AvgIpc) is 3.57. The number of β-amino-alcohol motifs (C(OH)–C–C–N with tert-alkyl or cyclic N) is 1. The van der Waals surface area contributed by atoms with Crippen molar-refractivity contribution in [1.29, 1.82) is 0 Å². The summed E-state index contributed by atoms with van der Waals surface area (Å²) in [5.41, 5.74) is 3.01. The Morgan fingerprint density at radius 3 is 2.68 bits per heavy atom. The van der Waals surface area contributed by atoms with Crippen LogP contribution >= 0.6 is 0 Å². The molecular formula is C26H26N8O3. The zero-order valence-corrected chi connectivity index (χ0v) is 20.1. The van der Waals surface area contributed by atoms with Crippen LogP contribution in [-0.4, -0.2) is 83.6 Å². The molecule has 1 N–H and O–H groups in total. The SMILES string of the molecule is O=C(c1c(C2=CC=CCC2)nc2cccnn12)N1C=CN(c2cnc(C(=O)N3CCC(O)C3)cn2)CC1. The number of amides is 2. The van der Waals surface area contributed by atoms with Gasteiger partial charge >= 0.3 is 0 Å². The van der Waals surface area contributed by atoms with Crippen LogP contribution in [-0.2, 0) is 0 Å². The molecule has 1 fully saturated rings. The predicted octanol–water partition coefficient (Wildman–Crippen LogP) is 1.89. The number of aromatic nitrogens is 5. The maximum Gasteiger partial charge on any atom is 0.278 e. The van der Waals surface area contributed by atoms with E-state index in [1.807, 2.05) is 29.2 Å². The molecule has 0 radical (unpaired) electrons. The fourth-order valence-electron chi connectivity index (χ4n) is 4.79. The summed E-state index contributed by atoms with van der Waals surface area (Å²) in [4.78, 5) is 44.8. The largest absolute Gasteiger partial charge is 0.391 e. The number of aliphatic hydroxyl groups excluding tert-OH is 1. The highest BCUT2D eigenvalue weighted by atomic mass is 16.3. The fraction of sp³-hybridized carbons (Fsp3) is 0.308. The number of fused-ring (bicyclic) bond motifs is 1. The van der Waals surface area contributed by atoms with E-state index in [9.17, 15) is 14.7 Å². The Balaban J connectivity index is 1.20. The van der Waals surface area contributed by atoms with Crippen LogP contribution in [0.1, 0.15) is 45.9 Å². The number of rotatable bonds is 4. The number of nitrogens with zero attached hydrogens (tertiary/aromatic N) is 8. The third-order valence-corrected chi connectivity index (χ3v) is 6.78. The molecule has 6 rings (SSSR count). The first-order chi connectivity index (χ1) is 18.1. The predicted molar refractivity (Wildman–Crippen MR) is 135 cm³/mol. The van der Waals surface area contributed by atoms with Crippen molar-refractivity contribution in [3.05, 3.63) is 78.4 Å². The molecule has 188 valence electrons. The number of carbonyl (C=O) groups is 2. The number of allylic oxidation sites excluding steroid dienone is 4. The molecule has 2 aliphatic heterocycles. The summed E-state index contributed by atoms with van der Waals surface area (Å²) in [6.07, 6.45) is 16.1. The van der Waals surface area contributed by atoms with Gasteiger partial charge in [0.1, 0.15) is 11.4 Å². The van der Waals surface area contributed by atoms with E-state index in [-0.39, 0.29) is 17.5 Å². The van der Waals surface area contributed by atoms with Gasteiger partial charge in [0.25, 0.3) is 11.8 Å². The van der Waals surface area contributed by atoms with Crippen LogP contribution in [0.4, 0.5) is 5.82 Å². The van der Waals surface area contributed by atoms with Crippen molar-refractivity contribution in [3.63, 3.8) is 0 Å². The first-order valence-corrected chi connectivity index (χ1v) is 12.3. The quantitative estimate of drug-likeness (QED) is 0.579. The van der Waals surface area contributed by atoms with Crippen molar-refractivity contribution < 1.29 is 14.7 Å². The van der Waals surface area contributed by atoms with Crippen molar-refractivity contribution in [2.75, 3.05) is 31.1 Å². The molecule has 11 nitrogen and oxygen atoms in total. The molecule has 5 heterocycles. The lowest BCUT2D eigenvalue weighted by atomic mass is 10.0. The number of anilines is 1. The van der Waals surface area contributed by atoms with Gasteiger partial charge in [0.05, 0.1) is 18.5 Å². The fourth-order valence-corrected chi connectivity index (χ4v) is 4.79. The number of carbonyl (C=O) groups excluding carboxylic acids is 2. The summed E-state index contributed by atoms with van der Waals surface area (Å²) in [6.45, 7) is 1.77. The van der Waals surface area contributed by atoms with Gasteiger partial charge in [0.15, 0.2) is 17.2 Å². The van der Waals surface area contributed by atoms with Gasteiger partial charge in [-0.25, -0.2) is 19.5 Å². The van der Waals surface area contributed by atoms with Crippen LogP contribution in [0.25, 0.3) is 11.2 Å². The minimum atomic E-state index is -0.482. The minimum Gasteiger partial charge on any atom is -0.391 e. The molecule has 3 aromatic rings. The van der Waals surface area contributed by atoms with Gasteiger partial charge in [-0.3, -0.25) is 9.59 Å². The Morgan fingerprint density at radius 1 is 1.05 bits per heavy atom. The van der Waals surface area contributed by atoms with Crippen molar-refractivity contribution >= 4 is 28.9 Å². The van der Waals surface area contributed by atoms with E-state index in [2.05, 4.69) is 21.1 Å². The molecule has 0 saturated carbocycles. The molecule has 0 bridgehead atoms. The Kier molecular flexibility index (Phi) is 5.97. The lowest BCUT2D eigenvalue weighted by molar-refractivity contribution is 0.0758. The average molecular weight is 499 g/mol. The number of aliphatic hydroxyl groups is 1. The molecule has 2 amide bonds. The number of likely N-dealkylation sites (tertiary alicyclic amines) is 1. The van der Waals surface area contributed by atoms with E-state index in [4.69, 9.17) is 4.98 Å². The van der Waals surface area contributed by atoms with Crippen LogP contribution in [0.3, 0.4) is 0 Å². The molecule has 3 aliphatic rings. The van der Waals surface area contributed by atoms with Gasteiger partial charge in [-0.05, 0) is 37.0 Å². The van der Waals surface area contributed by atoms with E-state index in [1.165, 1.54) is 6.20 Å². The van der Waals surface area contributed by atoms with Gasteiger partial charge in [-0.2, -0.15) is 5.10 Å². The van der Waals surface area contributed by atoms with Gasteiger partial charge in [-0.1, -0.05) is 18.2 Å². The second-order valence-electron chi connectivity index (χ2n) is 9.20. The molecule has 1 saturated heterocycles. The Bertz CT molecular complexity index is 1440. The first kappa shape index (κ1) is 23.0. The molecule has 0 aromatic carbocycles. The Hall–Kier alpha value is -4.38. The lowest BCUT2D eigenvalue weighted by Crippen LogP contribution is -2.39. The summed E-state index contributed by atoms with van der Waals surface area (Å²) in [5, 5.41) is 14.1. The van der Waals surface area contributed by atoms with Crippen molar-refractivity contribution in [1.82, 2.24) is 34.4 Å². The van der Waals surface area contributed by atoms with Crippen molar-refractivity contribution in [2.45, 2.75) is 25.4 Å².